The summed E-state index contributed by atoms with van der Waals surface area (Å²) in [6.07, 6.45) is 15.9. The third-order valence-electron chi connectivity index (χ3n) is 5.98. The fraction of sp³-hybridized carbons (Fsp3) is 0.810. The minimum absolute atomic E-state index is 0.602. The predicted molar refractivity (Wildman–Crippen MR) is 105 cm³/mol. The third-order valence-corrected chi connectivity index (χ3v) is 5.98. The molecule has 0 radical (unpaired) electrons. The number of piperazine rings is 1. The predicted octanol–water partition coefficient (Wildman–Crippen LogP) is 4.44. The average Bonchev–Trinajstić information content (AvgIpc) is 2.87. The SMILES string of the molecule is CCCCCCCCc1cnc(N2C3CCC2CN(C(C)C)C3)nc1. The maximum absolute atomic E-state index is 4.74. The molecule has 0 amide bonds. The lowest BCUT2D eigenvalue weighted by Crippen LogP contribution is -2.56. The molecular formula is C21H36N4. The number of hydrogen-bond acceptors (Lipinski definition) is 4. The van der Waals surface area contributed by atoms with Gasteiger partial charge in [-0.1, -0.05) is 39.0 Å². The molecule has 2 bridgehead atoms. The first-order valence-electron chi connectivity index (χ1n) is 10.5. The Morgan fingerprint density at radius 1 is 0.960 bits per heavy atom. The van der Waals surface area contributed by atoms with Gasteiger partial charge >= 0.3 is 0 Å². The highest BCUT2D eigenvalue weighted by molar-refractivity contribution is 5.37. The Bertz CT molecular complexity index is 499. The molecule has 0 N–H and O–H groups in total. The summed E-state index contributed by atoms with van der Waals surface area (Å²) in [7, 11) is 0. The quantitative estimate of drug-likeness (QED) is 0.620. The average molecular weight is 345 g/mol. The number of rotatable bonds is 9. The van der Waals surface area contributed by atoms with E-state index in [1.807, 2.05) is 0 Å². The highest BCUT2D eigenvalue weighted by atomic mass is 15.4. The first-order valence-corrected chi connectivity index (χ1v) is 10.5. The van der Waals surface area contributed by atoms with Crippen LogP contribution in [0.3, 0.4) is 0 Å². The lowest BCUT2D eigenvalue weighted by Gasteiger charge is -2.42. The van der Waals surface area contributed by atoms with Crippen LogP contribution in [0, 0.1) is 0 Å². The number of anilines is 1. The molecule has 0 spiro atoms. The van der Waals surface area contributed by atoms with E-state index in [-0.39, 0.29) is 0 Å². The summed E-state index contributed by atoms with van der Waals surface area (Å²) >= 11 is 0. The summed E-state index contributed by atoms with van der Waals surface area (Å²) in [6, 6.07) is 1.85. The van der Waals surface area contributed by atoms with E-state index in [2.05, 4.69) is 43.0 Å². The van der Waals surface area contributed by atoms with Crippen molar-refractivity contribution in [2.75, 3.05) is 18.0 Å². The normalized spacial score (nSPS) is 23.6. The number of hydrogen-bond donors (Lipinski definition) is 0. The Kier molecular flexibility index (Phi) is 6.69. The molecule has 140 valence electrons. The summed E-state index contributed by atoms with van der Waals surface area (Å²) in [5, 5.41) is 0. The minimum Gasteiger partial charge on any atom is -0.332 e. The fourth-order valence-corrected chi connectivity index (χ4v) is 4.40. The zero-order valence-corrected chi connectivity index (χ0v) is 16.5. The largest absolute Gasteiger partial charge is 0.332 e. The van der Waals surface area contributed by atoms with E-state index in [0.29, 0.717) is 18.1 Å². The molecule has 4 heteroatoms. The smallest absolute Gasteiger partial charge is 0.225 e. The monoisotopic (exact) mass is 344 g/mol. The van der Waals surface area contributed by atoms with Gasteiger partial charge in [0.05, 0.1) is 0 Å². The van der Waals surface area contributed by atoms with Gasteiger partial charge < -0.3 is 4.90 Å². The van der Waals surface area contributed by atoms with Crippen LogP contribution in [0.15, 0.2) is 12.4 Å². The number of nitrogens with zero attached hydrogens (tertiary/aromatic N) is 4. The van der Waals surface area contributed by atoms with Crippen LogP contribution < -0.4 is 4.90 Å². The van der Waals surface area contributed by atoms with Crippen LogP contribution in [-0.4, -0.2) is 46.1 Å². The molecule has 0 aromatic carbocycles. The van der Waals surface area contributed by atoms with Gasteiger partial charge in [-0.15, -0.1) is 0 Å². The maximum Gasteiger partial charge on any atom is 0.225 e. The van der Waals surface area contributed by atoms with Crippen molar-refractivity contribution in [3.05, 3.63) is 18.0 Å². The lowest BCUT2D eigenvalue weighted by molar-refractivity contribution is 0.176. The molecule has 0 aliphatic carbocycles. The molecule has 2 fully saturated rings. The summed E-state index contributed by atoms with van der Waals surface area (Å²) in [5.74, 6) is 0.961. The molecule has 3 heterocycles. The fourth-order valence-electron chi connectivity index (χ4n) is 4.40. The molecule has 3 rings (SSSR count). The topological polar surface area (TPSA) is 32.3 Å². The molecule has 0 saturated carbocycles. The Morgan fingerprint density at radius 2 is 1.56 bits per heavy atom. The Morgan fingerprint density at radius 3 is 2.16 bits per heavy atom. The molecule has 2 saturated heterocycles. The van der Waals surface area contributed by atoms with Crippen LogP contribution in [0.25, 0.3) is 0 Å². The van der Waals surface area contributed by atoms with Crippen LogP contribution in [-0.2, 0) is 6.42 Å². The highest BCUT2D eigenvalue weighted by Gasteiger charge is 2.41. The van der Waals surface area contributed by atoms with Crippen molar-refractivity contribution in [3.8, 4) is 0 Å². The second-order valence-electron chi connectivity index (χ2n) is 8.25. The van der Waals surface area contributed by atoms with Crippen molar-refractivity contribution < 1.29 is 0 Å². The minimum atomic E-state index is 0.602. The van der Waals surface area contributed by atoms with Crippen molar-refractivity contribution in [2.45, 2.75) is 96.7 Å². The van der Waals surface area contributed by atoms with Crippen molar-refractivity contribution >= 4 is 5.95 Å². The Labute approximate surface area is 154 Å². The molecule has 1 aromatic rings. The second-order valence-corrected chi connectivity index (χ2v) is 8.25. The summed E-state index contributed by atoms with van der Waals surface area (Å²) in [6.45, 7) is 9.22. The van der Waals surface area contributed by atoms with Crippen LogP contribution >= 0.6 is 0 Å². The van der Waals surface area contributed by atoms with Gasteiger partial charge in [-0.05, 0) is 45.1 Å². The van der Waals surface area contributed by atoms with Crippen LogP contribution in [0.2, 0.25) is 0 Å². The van der Waals surface area contributed by atoms with E-state index in [0.717, 1.165) is 25.5 Å². The Hall–Kier alpha value is -1.16. The van der Waals surface area contributed by atoms with Crippen molar-refractivity contribution in [2.24, 2.45) is 0 Å². The molecule has 2 atom stereocenters. The summed E-state index contributed by atoms with van der Waals surface area (Å²) in [4.78, 5) is 14.6. The highest BCUT2D eigenvalue weighted by Crippen LogP contribution is 2.33. The standard InChI is InChI=1S/C21H36N4/c1-4-5-6-7-8-9-10-18-13-22-21(23-14-18)25-19-11-12-20(25)16-24(15-19)17(2)3/h13-14,17,19-20H,4-12,15-16H2,1-3H3. The van der Waals surface area contributed by atoms with Gasteiger partial charge in [-0.25, -0.2) is 9.97 Å². The Balaban J connectivity index is 1.50. The summed E-state index contributed by atoms with van der Waals surface area (Å²) < 4.78 is 0. The maximum atomic E-state index is 4.74. The van der Waals surface area contributed by atoms with E-state index in [1.54, 1.807) is 0 Å². The van der Waals surface area contributed by atoms with Crippen LogP contribution in [0.5, 0.6) is 0 Å². The molecular weight excluding hydrogens is 308 g/mol. The van der Waals surface area contributed by atoms with Gasteiger partial charge in [0.15, 0.2) is 0 Å². The molecule has 2 aliphatic rings. The number of fused-ring (bicyclic) bond motifs is 2. The third kappa shape index (κ3) is 4.72. The number of unbranched alkanes of at least 4 members (excludes halogenated alkanes) is 5. The number of aryl methyl sites for hydroxylation is 1. The number of aromatic nitrogens is 2. The first-order chi connectivity index (χ1) is 12.2. The van der Waals surface area contributed by atoms with Gasteiger partial charge in [0.1, 0.15) is 0 Å². The van der Waals surface area contributed by atoms with Crippen LogP contribution in [0.1, 0.15) is 77.7 Å². The molecule has 2 aliphatic heterocycles. The number of likely N-dealkylation sites (tertiary alicyclic amines) is 1. The van der Waals surface area contributed by atoms with Crippen LogP contribution in [0.4, 0.5) is 5.95 Å². The van der Waals surface area contributed by atoms with E-state index in [4.69, 9.17) is 9.97 Å². The van der Waals surface area contributed by atoms with Gasteiger partial charge in [0.25, 0.3) is 0 Å². The van der Waals surface area contributed by atoms with Crippen molar-refractivity contribution in [1.29, 1.82) is 0 Å². The first kappa shape index (κ1) is 18.6. The van der Waals surface area contributed by atoms with E-state index < -0.39 is 0 Å². The molecule has 4 nitrogen and oxygen atoms in total. The second kappa shape index (κ2) is 8.98. The van der Waals surface area contributed by atoms with Crippen molar-refractivity contribution in [3.63, 3.8) is 0 Å². The lowest BCUT2D eigenvalue weighted by atomic mass is 10.1. The van der Waals surface area contributed by atoms with Gasteiger partial charge in [-0.3, -0.25) is 4.90 Å². The van der Waals surface area contributed by atoms with Gasteiger partial charge in [0, 0.05) is 43.6 Å². The van der Waals surface area contributed by atoms with Crippen molar-refractivity contribution in [1.82, 2.24) is 14.9 Å². The van der Waals surface area contributed by atoms with E-state index in [9.17, 15) is 0 Å². The van der Waals surface area contributed by atoms with E-state index in [1.165, 1.54) is 56.9 Å². The van der Waals surface area contributed by atoms with Gasteiger partial charge in [0.2, 0.25) is 5.95 Å². The molecule has 1 aromatic heterocycles. The molecule has 25 heavy (non-hydrogen) atoms. The zero-order valence-electron chi connectivity index (χ0n) is 16.5. The molecule has 2 unspecified atom stereocenters. The van der Waals surface area contributed by atoms with Gasteiger partial charge in [-0.2, -0.15) is 0 Å². The zero-order chi connectivity index (χ0) is 17.6. The van der Waals surface area contributed by atoms with E-state index >= 15 is 0 Å². The summed E-state index contributed by atoms with van der Waals surface area (Å²) in [5.41, 5.74) is 1.30.